The number of alkyl halides is 1. The molecule has 3 rings (SSSR count). The second-order valence-corrected chi connectivity index (χ2v) is 6.39. The third-order valence-electron chi connectivity index (χ3n) is 4.32. The van der Waals surface area contributed by atoms with Crippen molar-refractivity contribution in [2.24, 2.45) is 0 Å². The number of benzene rings is 1. The third kappa shape index (κ3) is 2.92. The SMILES string of the molecule is CCCN1CCC(n2c(CCl)nc3cccc(Cl)c32)CC1. The minimum Gasteiger partial charge on any atom is -0.323 e. The van der Waals surface area contributed by atoms with Crippen LogP contribution in [0.1, 0.15) is 38.1 Å². The zero-order valence-corrected chi connectivity index (χ0v) is 13.9. The quantitative estimate of drug-likeness (QED) is 0.773. The van der Waals surface area contributed by atoms with Gasteiger partial charge in [0.05, 0.1) is 21.9 Å². The second-order valence-electron chi connectivity index (χ2n) is 5.71. The summed E-state index contributed by atoms with van der Waals surface area (Å²) in [4.78, 5) is 7.19. The number of halogens is 2. The van der Waals surface area contributed by atoms with Gasteiger partial charge in [0.25, 0.3) is 0 Å². The van der Waals surface area contributed by atoms with Crippen molar-refractivity contribution in [1.82, 2.24) is 14.5 Å². The van der Waals surface area contributed by atoms with Gasteiger partial charge in [-0.3, -0.25) is 0 Å². The molecular formula is C16H21Cl2N3. The highest BCUT2D eigenvalue weighted by Gasteiger charge is 2.24. The average Bonchev–Trinajstić information content (AvgIpc) is 2.88. The van der Waals surface area contributed by atoms with Crippen LogP contribution in [-0.2, 0) is 5.88 Å². The van der Waals surface area contributed by atoms with E-state index in [0.29, 0.717) is 11.9 Å². The van der Waals surface area contributed by atoms with Gasteiger partial charge in [-0.2, -0.15) is 0 Å². The zero-order valence-electron chi connectivity index (χ0n) is 12.4. The van der Waals surface area contributed by atoms with E-state index in [2.05, 4.69) is 21.4 Å². The van der Waals surface area contributed by atoms with Gasteiger partial charge in [-0.25, -0.2) is 4.98 Å². The van der Waals surface area contributed by atoms with E-state index in [9.17, 15) is 0 Å². The van der Waals surface area contributed by atoms with Gasteiger partial charge in [0.15, 0.2) is 0 Å². The highest BCUT2D eigenvalue weighted by Crippen LogP contribution is 2.33. The molecule has 2 aromatic rings. The summed E-state index contributed by atoms with van der Waals surface area (Å²) in [6, 6.07) is 6.35. The van der Waals surface area contributed by atoms with E-state index in [0.717, 1.165) is 47.8 Å². The van der Waals surface area contributed by atoms with Crippen LogP contribution in [0.2, 0.25) is 5.02 Å². The zero-order chi connectivity index (χ0) is 14.8. The van der Waals surface area contributed by atoms with Crippen LogP contribution in [0.4, 0.5) is 0 Å². The number of hydrogen-bond donors (Lipinski definition) is 0. The van der Waals surface area contributed by atoms with Crippen LogP contribution in [0.15, 0.2) is 18.2 Å². The fraction of sp³-hybridized carbons (Fsp3) is 0.562. The molecule has 1 aliphatic heterocycles. The molecule has 3 nitrogen and oxygen atoms in total. The average molecular weight is 326 g/mol. The predicted molar refractivity (Wildman–Crippen MR) is 89.3 cm³/mol. The van der Waals surface area contributed by atoms with Crippen molar-refractivity contribution in [1.29, 1.82) is 0 Å². The molecule has 0 saturated carbocycles. The molecule has 1 aromatic heterocycles. The Morgan fingerprint density at radius 3 is 2.71 bits per heavy atom. The normalized spacial score (nSPS) is 17.7. The van der Waals surface area contributed by atoms with Gasteiger partial charge in [-0.05, 0) is 37.9 Å². The fourth-order valence-corrected chi connectivity index (χ4v) is 3.81. The first kappa shape index (κ1) is 15.1. The molecule has 114 valence electrons. The first-order chi connectivity index (χ1) is 10.2. The molecule has 0 radical (unpaired) electrons. The smallest absolute Gasteiger partial charge is 0.125 e. The molecule has 0 aliphatic carbocycles. The number of aromatic nitrogens is 2. The lowest BCUT2D eigenvalue weighted by molar-refractivity contribution is 0.187. The largest absolute Gasteiger partial charge is 0.323 e. The Bertz CT molecular complexity index is 615. The Morgan fingerprint density at radius 1 is 1.29 bits per heavy atom. The Balaban J connectivity index is 1.93. The number of imidazole rings is 1. The molecule has 0 spiro atoms. The Hall–Kier alpha value is -0.770. The summed E-state index contributed by atoms with van der Waals surface area (Å²) in [7, 11) is 0. The van der Waals surface area contributed by atoms with Crippen molar-refractivity contribution >= 4 is 34.2 Å². The maximum absolute atomic E-state index is 6.42. The number of fused-ring (bicyclic) bond motifs is 1. The summed E-state index contributed by atoms with van der Waals surface area (Å²) in [5.74, 6) is 1.37. The molecule has 0 N–H and O–H groups in total. The van der Waals surface area contributed by atoms with Gasteiger partial charge in [0.1, 0.15) is 5.82 Å². The molecule has 0 atom stereocenters. The van der Waals surface area contributed by atoms with Gasteiger partial charge in [-0.1, -0.05) is 24.6 Å². The van der Waals surface area contributed by atoms with Gasteiger partial charge in [-0.15, -0.1) is 11.6 Å². The van der Waals surface area contributed by atoms with Crippen molar-refractivity contribution in [3.63, 3.8) is 0 Å². The van der Waals surface area contributed by atoms with Crippen molar-refractivity contribution in [3.8, 4) is 0 Å². The predicted octanol–water partition coefficient (Wildman–Crippen LogP) is 4.48. The van der Waals surface area contributed by atoms with Gasteiger partial charge in [0, 0.05) is 19.1 Å². The summed E-state index contributed by atoms with van der Waals surface area (Å²) in [6.07, 6.45) is 3.50. The maximum Gasteiger partial charge on any atom is 0.125 e. The molecule has 5 heteroatoms. The van der Waals surface area contributed by atoms with Gasteiger partial charge >= 0.3 is 0 Å². The standard InChI is InChI=1S/C16H21Cl2N3/c1-2-8-20-9-6-12(7-10-20)21-15(11-17)19-14-5-3-4-13(18)16(14)21/h3-5,12H,2,6-11H2,1H3. The molecule has 0 amide bonds. The summed E-state index contributed by atoms with van der Waals surface area (Å²) >= 11 is 12.5. The van der Waals surface area contributed by atoms with Crippen LogP contribution in [0.3, 0.4) is 0 Å². The number of hydrogen-bond acceptors (Lipinski definition) is 2. The van der Waals surface area contributed by atoms with E-state index in [-0.39, 0.29) is 0 Å². The van der Waals surface area contributed by atoms with Crippen LogP contribution in [-0.4, -0.2) is 34.1 Å². The number of nitrogens with zero attached hydrogens (tertiary/aromatic N) is 3. The van der Waals surface area contributed by atoms with E-state index >= 15 is 0 Å². The molecule has 21 heavy (non-hydrogen) atoms. The second kappa shape index (κ2) is 6.55. The summed E-state index contributed by atoms with van der Waals surface area (Å²) in [5.41, 5.74) is 2.00. The van der Waals surface area contributed by atoms with Crippen molar-refractivity contribution in [3.05, 3.63) is 29.0 Å². The van der Waals surface area contributed by atoms with Crippen LogP contribution in [0.5, 0.6) is 0 Å². The lowest BCUT2D eigenvalue weighted by Crippen LogP contribution is -2.35. The van der Waals surface area contributed by atoms with Gasteiger partial charge in [0.2, 0.25) is 0 Å². The van der Waals surface area contributed by atoms with E-state index in [4.69, 9.17) is 23.2 Å². The molecule has 1 aromatic carbocycles. The van der Waals surface area contributed by atoms with Crippen molar-refractivity contribution in [2.75, 3.05) is 19.6 Å². The minimum atomic E-state index is 0.431. The highest BCUT2D eigenvalue weighted by atomic mass is 35.5. The van der Waals surface area contributed by atoms with Gasteiger partial charge < -0.3 is 9.47 Å². The molecule has 0 unspecified atom stereocenters. The fourth-order valence-electron chi connectivity index (χ4n) is 3.36. The van der Waals surface area contributed by atoms with E-state index in [1.54, 1.807) is 0 Å². The lowest BCUT2D eigenvalue weighted by Gasteiger charge is -2.33. The molecule has 1 aliphatic rings. The first-order valence-corrected chi connectivity index (χ1v) is 8.59. The maximum atomic E-state index is 6.42. The number of piperidine rings is 1. The van der Waals surface area contributed by atoms with Crippen LogP contribution in [0, 0.1) is 0 Å². The molecule has 1 fully saturated rings. The lowest BCUT2D eigenvalue weighted by atomic mass is 10.0. The Kier molecular flexibility index (Phi) is 4.72. The summed E-state index contributed by atoms with van der Waals surface area (Å²) in [5, 5.41) is 0.771. The van der Waals surface area contributed by atoms with Crippen LogP contribution >= 0.6 is 23.2 Å². The first-order valence-electron chi connectivity index (χ1n) is 7.68. The summed E-state index contributed by atoms with van der Waals surface area (Å²) < 4.78 is 2.29. The molecular weight excluding hydrogens is 305 g/mol. The Labute approximate surface area is 135 Å². The number of rotatable bonds is 4. The van der Waals surface area contributed by atoms with Crippen LogP contribution < -0.4 is 0 Å². The number of para-hydroxylation sites is 1. The van der Waals surface area contributed by atoms with Crippen molar-refractivity contribution < 1.29 is 0 Å². The number of likely N-dealkylation sites (tertiary alicyclic amines) is 1. The van der Waals surface area contributed by atoms with Crippen LogP contribution in [0.25, 0.3) is 11.0 Å². The van der Waals surface area contributed by atoms with E-state index < -0.39 is 0 Å². The topological polar surface area (TPSA) is 21.1 Å². The highest BCUT2D eigenvalue weighted by molar-refractivity contribution is 6.35. The third-order valence-corrected chi connectivity index (χ3v) is 4.86. The molecule has 1 saturated heterocycles. The van der Waals surface area contributed by atoms with E-state index in [1.807, 2.05) is 18.2 Å². The molecule has 0 bridgehead atoms. The monoisotopic (exact) mass is 325 g/mol. The Morgan fingerprint density at radius 2 is 2.05 bits per heavy atom. The minimum absolute atomic E-state index is 0.431. The summed E-state index contributed by atoms with van der Waals surface area (Å²) in [6.45, 7) is 5.72. The molecule has 2 heterocycles. The van der Waals surface area contributed by atoms with Crippen molar-refractivity contribution in [2.45, 2.75) is 38.1 Å². The van der Waals surface area contributed by atoms with E-state index in [1.165, 1.54) is 13.0 Å².